The number of hydrogen-bond acceptors (Lipinski definition) is 6. The molecule has 3 saturated heterocycles. The Hall–Kier alpha value is -3.80. The van der Waals surface area contributed by atoms with Gasteiger partial charge in [-0.05, 0) is 81.0 Å². The maximum atomic E-state index is 16.1. The Morgan fingerprint density at radius 3 is 2.41 bits per heavy atom. The Bertz CT molecular complexity index is 1810. The van der Waals surface area contributed by atoms with Gasteiger partial charge in [0.05, 0.1) is 31.5 Å². The fraction of sp³-hybridized carbons (Fsp3) is 0.471. The van der Waals surface area contributed by atoms with Crippen molar-refractivity contribution >= 4 is 23.4 Å². The zero-order valence-electron chi connectivity index (χ0n) is 30.3. The van der Waals surface area contributed by atoms with E-state index in [1.165, 1.54) is 17.2 Å². The van der Waals surface area contributed by atoms with Gasteiger partial charge in [0.2, 0.25) is 0 Å². The second-order valence-electron chi connectivity index (χ2n) is 12.2. The van der Waals surface area contributed by atoms with Crippen LogP contribution in [-0.2, 0) is 6.18 Å². The molecule has 0 radical (unpaired) electrons. The third-order valence-corrected chi connectivity index (χ3v) is 9.13. The summed E-state index contributed by atoms with van der Waals surface area (Å²) in [5, 5.41) is 0. The minimum Gasteiger partial charge on any atom is -0.457 e. The van der Waals surface area contributed by atoms with Gasteiger partial charge < -0.3 is 19.4 Å². The van der Waals surface area contributed by atoms with Crippen molar-refractivity contribution in [3.8, 4) is 11.5 Å². The molecule has 6 rings (SSSR count). The van der Waals surface area contributed by atoms with Crippen LogP contribution in [0.3, 0.4) is 0 Å². The highest BCUT2D eigenvalue weighted by Gasteiger charge is 2.44. The second kappa shape index (κ2) is 12.8. The molecule has 2 aromatic carbocycles. The van der Waals surface area contributed by atoms with Crippen LogP contribution in [0, 0.1) is 5.41 Å². The average Bonchev–Trinajstić information content (AvgIpc) is 3.48. The standard InChI is InChI=1S/C34H37F6N5O/c1-2-43-16-12-32(13-17-43)11-6-15-45(22-32)31-24(9-10-28(30(31)34(38,39)40)46-25-7-4-3-5-8-25)19-26(35)27-20-41-21-29(42-27)44-18-14-33(36,37)23-44/h3-5,7-10,19-21H,2,6,11-18,22-23H2,1H3/b26-19-/i3D,4D,5D,7D,8D. The van der Waals surface area contributed by atoms with Gasteiger partial charge in [-0.25, -0.2) is 18.2 Å². The van der Waals surface area contributed by atoms with Gasteiger partial charge >= 0.3 is 6.18 Å². The highest BCUT2D eigenvalue weighted by Crippen LogP contribution is 2.50. The molecule has 1 spiro atoms. The number of piperidine rings is 2. The van der Waals surface area contributed by atoms with Crippen LogP contribution in [0.2, 0.25) is 0 Å². The van der Waals surface area contributed by atoms with Crippen molar-refractivity contribution in [3.63, 3.8) is 0 Å². The van der Waals surface area contributed by atoms with E-state index in [2.05, 4.69) is 21.8 Å². The van der Waals surface area contributed by atoms with Gasteiger partial charge in [0.25, 0.3) is 5.92 Å². The van der Waals surface area contributed by atoms with Gasteiger partial charge in [-0.2, -0.15) is 13.2 Å². The van der Waals surface area contributed by atoms with Crippen molar-refractivity contribution in [1.29, 1.82) is 0 Å². The predicted molar refractivity (Wildman–Crippen MR) is 166 cm³/mol. The molecule has 0 atom stereocenters. The smallest absolute Gasteiger partial charge is 0.422 e. The van der Waals surface area contributed by atoms with Crippen LogP contribution in [0.5, 0.6) is 11.5 Å². The number of halogens is 6. The van der Waals surface area contributed by atoms with Crippen molar-refractivity contribution in [2.24, 2.45) is 5.41 Å². The lowest BCUT2D eigenvalue weighted by Crippen LogP contribution is -2.50. The van der Waals surface area contributed by atoms with Crippen LogP contribution < -0.4 is 14.5 Å². The number of benzene rings is 2. The molecule has 1 aromatic heterocycles. The third kappa shape index (κ3) is 6.96. The lowest BCUT2D eigenvalue weighted by Gasteiger charge is -2.49. The van der Waals surface area contributed by atoms with Gasteiger partial charge in [-0.15, -0.1) is 0 Å². The van der Waals surface area contributed by atoms with Crippen molar-refractivity contribution in [2.45, 2.75) is 51.1 Å². The Morgan fingerprint density at radius 2 is 1.74 bits per heavy atom. The summed E-state index contributed by atoms with van der Waals surface area (Å²) in [5.41, 5.74) is -2.51. The average molecular weight is 651 g/mol. The Kier molecular flexibility index (Phi) is 7.30. The normalized spacial score (nSPS) is 21.9. The first-order valence-corrected chi connectivity index (χ1v) is 15.3. The van der Waals surface area contributed by atoms with Crippen LogP contribution in [0.25, 0.3) is 11.9 Å². The number of likely N-dealkylation sites (tertiary alicyclic amines) is 1. The Morgan fingerprint density at radius 1 is 0.978 bits per heavy atom. The maximum absolute atomic E-state index is 16.1. The molecule has 6 nitrogen and oxygen atoms in total. The molecular formula is C34H37F6N5O. The molecule has 3 aliphatic heterocycles. The summed E-state index contributed by atoms with van der Waals surface area (Å²) < 4.78 is 136. The van der Waals surface area contributed by atoms with Crippen molar-refractivity contribution in [1.82, 2.24) is 14.9 Å². The minimum atomic E-state index is -5.10. The summed E-state index contributed by atoms with van der Waals surface area (Å²) in [6, 6.07) is -1.78. The van der Waals surface area contributed by atoms with E-state index < -0.39 is 78.2 Å². The monoisotopic (exact) mass is 650 g/mol. The first-order valence-electron chi connectivity index (χ1n) is 17.8. The molecule has 0 bridgehead atoms. The van der Waals surface area contributed by atoms with E-state index in [-0.39, 0.29) is 47.8 Å². The van der Waals surface area contributed by atoms with Gasteiger partial charge in [0.15, 0.2) is 5.83 Å². The van der Waals surface area contributed by atoms with E-state index in [1.807, 2.05) is 0 Å². The summed E-state index contributed by atoms with van der Waals surface area (Å²) >= 11 is 0. The first-order chi connectivity index (χ1) is 24.0. The molecule has 3 fully saturated rings. The predicted octanol–water partition coefficient (Wildman–Crippen LogP) is 8.30. The number of para-hydroxylation sites is 1. The fourth-order valence-electron chi connectivity index (χ4n) is 6.72. The summed E-state index contributed by atoms with van der Waals surface area (Å²) in [4.78, 5) is 13.2. The van der Waals surface area contributed by atoms with Crippen LogP contribution in [-0.4, -0.2) is 66.6 Å². The molecule has 12 heteroatoms. The molecule has 3 aromatic rings. The quantitative estimate of drug-likeness (QED) is 0.240. The summed E-state index contributed by atoms with van der Waals surface area (Å²) in [6.07, 6.45) is 0.543. The molecule has 0 unspecified atom stereocenters. The molecule has 0 N–H and O–H groups in total. The number of anilines is 2. The number of hydrogen-bond donors (Lipinski definition) is 0. The fourth-order valence-corrected chi connectivity index (χ4v) is 6.72. The van der Waals surface area contributed by atoms with Gasteiger partial charge in [0, 0.05) is 31.6 Å². The molecule has 0 saturated carbocycles. The molecular weight excluding hydrogens is 608 g/mol. The van der Waals surface area contributed by atoms with Crippen LogP contribution in [0.1, 0.15) is 62.7 Å². The first kappa shape index (κ1) is 26.3. The molecule has 46 heavy (non-hydrogen) atoms. The maximum Gasteiger partial charge on any atom is 0.422 e. The number of ether oxygens (including phenoxy) is 1. The van der Waals surface area contributed by atoms with Gasteiger partial charge in [-0.3, -0.25) is 4.98 Å². The lowest BCUT2D eigenvalue weighted by atomic mass is 9.72. The molecule has 0 amide bonds. The van der Waals surface area contributed by atoms with Gasteiger partial charge in [-0.1, -0.05) is 25.1 Å². The van der Waals surface area contributed by atoms with E-state index in [0.29, 0.717) is 6.42 Å². The third-order valence-electron chi connectivity index (χ3n) is 9.13. The van der Waals surface area contributed by atoms with Crippen LogP contribution in [0.4, 0.5) is 37.8 Å². The van der Waals surface area contributed by atoms with E-state index in [1.54, 1.807) is 4.90 Å². The highest BCUT2D eigenvalue weighted by atomic mass is 19.4. The zero-order valence-corrected chi connectivity index (χ0v) is 25.3. The van der Waals surface area contributed by atoms with E-state index in [0.717, 1.165) is 57.2 Å². The lowest BCUT2D eigenvalue weighted by molar-refractivity contribution is -0.138. The molecule has 246 valence electrons. The van der Waals surface area contributed by atoms with Gasteiger partial charge in [0.1, 0.15) is 28.6 Å². The largest absolute Gasteiger partial charge is 0.457 e. The topological polar surface area (TPSA) is 44.7 Å². The number of nitrogens with zero attached hydrogens (tertiary/aromatic N) is 5. The summed E-state index contributed by atoms with van der Waals surface area (Å²) in [7, 11) is 0. The summed E-state index contributed by atoms with van der Waals surface area (Å²) in [5.74, 6) is -5.60. The number of alkyl halides is 5. The Balaban J connectivity index is 1.48. The molecule has 0 aliphatic carbocycles. The SMILES string of the molecule is [2H]c1c([2H])c([2H])c(Oc2ccc(/C=C(\F)c3cncc(N4CCC(F)(F)C4)n3)c(N3CCCC4(CCN(CC)CC4)C3)c2C(F)(F)F)c([2H])c1[2H]. The highest BCUT2D eigenvalue weighted by molar-refractivity contribution is 5.84. The number of aromatic nitrogens is 2. The number of rotatable bonds is 7. The van der Waals surface area contributed by atoms with Crippen molar-refractivity contribution in [2.75, 3.05) is 55.6 Å². The molecule has 4 heterocycles. The Labute approximate surface area is 271 Å². The summed E-state index contributed by atoms with van der Waals surface area (Å²) in [6.45, 7) is 4.27. The molecule has 3 aliphatic rings. The van der Waals surface area contributed by atoms with Crippen molar-refractivity contribution < 1.29 is 37.9 Å². The van der Waals surface area contributed by atoms with E-state index >= 15 is 17.6 Å². The zero-order chi connectivity index (χ0) is 36.9. The van der Waals surface area contributed by atoms with E-state index in [9.17, 15) is 8.78 Å². The van der Waals surface area contributed by atoms with Crippen LogP contribution >= 0.6 is 0 Å². The minimum absolute atomic E-state index is 0.00295. The van der Waals surface area contributed by atoms with Crippen LogP contribution in [0.15, 0.2) is 54.7 Å². The van der Waals surface area contributed by atoms with E-state index in [4.69, 9.17) is 11.6 Å². The van der Waals surface area contributed by atoms with Crippen molar-refractivity contribution in [3.05, 3.63) is 71.6 Å². The second-order valence-corrected chi connectivity index (χ2v) is 12.2.